The van der Waals surface area contributed by atoms with E-state index in [2.05, 4.69) is 9.98 Å². The Morgan fingerprint density at radius 1 is 1.00 bits per heavy atom. The van der Waals surface area contributed by atoms with Crippen LogP contribution >= 0.6 is 11.8 Å². The normalized spacial score (nSPS) is 11.0. The van der Waals surface area contributed by atoms with E-state index in [1.807, 2.05) is 0 Å². The Labute approximate surface area is 136 Å². The molecule has 118 valence electrons. The summed E-state index contributed by atoms with van der Waals surface area (Å²) in [5, 5.41) is 11.1. The molecule has 2 aromatic carbocycles. The van der Waals surface area contributed by atoms with Crippen molar-refractivity contribution in [2.24, 2.45) is 27.2 Å². The summed E-state index contributed by atoms with van der Waals surface area (Å²) in [6, 6.07) is 13.5. The van der Waals surface area contributed by atoms with Crippen LogP contribution in [0.1, 0.15) is 0 Å². The van der Waals surface area contributed by atoms with Gasteiger partial charge in [0.15, 0.2) is 5.96 Å². The van der Waals surface area contributed by atoms with Crippen LogP contribution in [0.25, 0.3) is 0 Å². The Morgan fingerprint density at radius 2 is 1.61 bits per heavy atom. The fourth-order valence-electron chi connectivity index (χ4n) is 1.73. The third kappa shape index (κ3) is 4.45. The Balaban J connectivity index is 2.39. The third-order valence-electron chi connectivity index (χ3n) is 2.63. The molecule has 6 N–H and O–H groups in total. The number of nitrogens with two attached hydrogens (primary N) is 3. The molecule has 0 spiro atoms. The molecule has 2 rings (SSSR count). The Morgan fingerprint density at radius 3 is 2.26 bits per heavy atom. The molecule has 0 amide bonds. The molecule has 0 unspecified atom stereocenters. The van der Waals surface area contributed by atoms with Crippen molar-refractivity contribution in [3.05, 3.63) is 58.6 Å². The quantitative estimate of drug-likeness (QED) is 0.338. The first-order valence-electron chi connectivity index (χ1n) is 6.41. The predicted molar refractivity (Wildman–Crippen MR) is 90.8 cm³/mol. The largest absolute Gasteiger partial charge is 0.370 e. The van der Waals surface area contributed by atoms with E-state index in [1.54, 1.807) is 42.5 Å². The molecule has 0 saturated carbocycles. The van der Waals surface area contributed by atoms with Gasteiger partial charge in [-0.15, -0.1) is 0 Å². The van der Waals surface area contributed by atoms with Gasteiger partial charge in [-0.1, -0.05) is 36.0 Å². The molecule has 9 heteroatoms. The van der Waals surface area contributed by atoms with Crippen molar-refractivity contribution in [3.63, 3.8) is 0 Å². The average Bonchev–Trinajstić information content (AvgIpc) is 2.48. The van der Waals surface area contributed by atoms with E-state index in [0.29, 0.717) is 15.5 Å². The maximum absolute atomic E-state index is 11.1. The molecule has 0 bridgehead atoms. The molecule has 0 fully saturated rings. The fourth-order valence-corrected chi connectivity index (χ4v) is 2.72. The molecule has 0 atom stereocenters. The van der Waals surface area contributed by atoms with Gasteiger partial charge in [-0.25, -0.2) is 4.99 Å². The Bertz CT molecular complexity index is 786. The molecule has 0 saturated heterocycles. The number of rotatable bonds is 4. The highest BCUT2D eigenvalue weighted by atomic mass is 32.2. The van der Waals surface area contributed by atoms with Gasteiger partial charge in [-0.05, 0) is 18.2 Å². The number of para-hydroxylation sites is 2. The molecule has 0 heterocycles. The number of hydrogen-bond acceptors (Lipinski definition) is 4. The summed E-state index contributed by atoms with van der Waals surface area (Å²) < 4.78 is 0. The first kappa shape index (κ1) is 16.3. The Hall–Kier alpha value is -3.07. The summed E-state index contributed by atoms with van der Waals surface area (Å²) >= 11 is 1.21. The molecular weight excluding hydrogens is 316 g/mol. The maximum Gasteiger partial charge on any atom is 0.283 e. The molecule has 0 aliphatic carbocycles. The molecule has 0 aliphatic heterocycles. The maximum atomic E-state index is 11.1. The minimum Gasteiger partial charge on any atom is -0.370 e. The highest BCUT2D eigenvalue weighted by Gasteiger charge is 2.15. The summed E-state index contributed by atoms with van der Waals surface area (Å²) in [5.74, 6) is -0.296. The van der Waals surface area contributed by atoms with Gasteiger partial charge in [-0.3, -0.25) is 10.1 Å². The first-order valence-corrected chi connectivity index (χ1v) is 7.23. The van der Waals surface area contributed by atoms with Gasteiger partial charge in [0.05, 0.1) is 15.5 Å². The molecule has 0 aromatic heterocycles. The van der Waals surface area contributed by atoms with Gasteiger partial charge < -0.3 is 17.2 Å². The summed E-state index contributed by atoms with van der Waals surface area (Å²) in [5.41, 5.74) is 16.7. The highest BCUT2D eigenvalue weighted by molar-refractivity contribution is 7.99. The van der Waals surface area contributed by atoms with Gasteiger partial charge in [-0.2, -0.15) is 4.99 Å². The van der Waals surface area contributed by atoms with Crippen LogP contribution in [0.5, 0.6) is 0 Å². The van der Waals surface area contributed by atoms with Crippen LogP contribution in [0.4, 0.5) is 11.4 Å². The van der Waals surface area contributed by atoms with Crippen LogP contribution in [0.2, 0.25) is 0 Å². The van der Waals surface area contributed by atoms with Crippen molar-refractivity contribution in [3.8, 4) is 0 Å². The van der Waals surface area contributed by atoms with Crippen LogP contribution in [0.15, 0.2) is 68.3 Å². The summed E-state index contributed by atoms with van der Waals surface area (Å²) in [7, 11) is 0. The van der Waals surface area contributed by atoms with E-state index in [4.69, 9.17) is 17.2 Å². The van der Waals surface area contributed by atoms with Gasteiger partial charge in [0.1, 0.15) is 0 Å². The van der Waals surface area contributed by atoms with Crippen molar-refractivity contribution in [1.82, 2.24) is 0 Å². The smallest absolute Gasteiger partial charge is 0.283 e. The summed E-state index contributed by atoms with van der Waals surface area (Å²) in [4.78, 5) is 19.6. The van der Waals surface area contributed by atoms with Crippen molar-refractivity contribution in [2.45, 2.75) is 9.79 Å². The monoisotopic (exact) mass is 330 g/mol. The number of nitro groups is 1. The van der Waals surface area contributed by atoms with Crippen molar-refractivity contribution in [2.75, 3.05) is 0 Å². The minimum atomic E-state index is -0.429. The van der Waals surface area contributed by atoms with Gasteiger partial charge >= 0.3 is 0 Å². The van der Waals surface area contributed by atoms with Gasteiger partial charge in [0.25, 0.3) is 5.69 Å². The van der Waals surface area contributed by atoms with Crippen molar-refractivity contribution in [1.29, 1.82) is 0 Å². The second-order valence-corrected chi connectivity index (χ2v) is 5.39. The van der Waals surface area contributed by atoms with E-state index in [9.17, 15) is 10.1 Å². The standard InChI is InChI=1S/C14H14N6O2S/c15-13(16)19-14(17)18-9-5-1-3-7-11(9)23-12-8-4-2-6-10(12)20(21)22/h1-8H,(H6,15,16,17,18,19). The molecule has 0 radical (unpaired) electrons. The highest BCUT2D eigenvalue weighted by Crippen LogP contribution is 2.39. The van der Waals surface area contributed by atoms with E-state index < -0.39 is 4.92 Å². The molecule has 23 heavy (non-hydrogen) atoms. The Kier molecular flexibility index (Phi) is 5.15. The number of benzene rings is 2. The SMILES string of the molecule is NC(N)=NC(N)=Nc1ccccc1Sc1ccccc1[N+](=O)[O-]. The fraction of sp³-hybridized carbons (Fsp3) is 0. The van der Waals surface area contributed by atoms with Crippen LogP contribution in [0, 0.1) is 10.1 Å². The number of aliphatic imine (C=N–C) groups is 2. The molecular formula is C14H14N6O2S. The van der Waals surface area contributed by atoms with Crippen LogP contribution < -0.4 is 17.2 Å². The molecule has 8 nitrogen and oxygen atoms in total. The topological polar surface area (TPSA) is 146 Å². The van der Waals surface area contributed by atoms with Gasteiger partial charge in [0.2, 0.25) is 5.96 Å². The average molecular weight is 330 g/mol. The molecule has 0 aliphatic rings. The third-order valence-corrected chi connectivity index (χ3v) is 3.76. The lowest BCUT2D eigenvalue weighted by Crippen LogP contribution is -2.26. The van der Waals surface area contributed by atoms with Crippen LogP contribution in [-0.4, -0.2) is 16.8 Å². The van der Waals surface area contributed by atoms with E-state index in [-0.39, 0.29) is 17.6 Å². The lowest BCUT2D eigenvalue weighted by Gasteiger charge is -2.06. The predicted octanol–water partition coefficient (Wildman–Crippen LogP) is 1.97. The molecule has 2 aromatic rings. The zero-order valence-corrected chi connectivity index (χ0v) is 12.7. The lowest BCUT2D eigenvalue weighted by molar-refractivity contribution is -0.387. The zero-order valence-electron chi connectivity index (χ0n) is 11.9. The second-order valence-electron chi connectivity index (χ2n) is 4.30. The number of nitro benzene ring substituents is 1. The van der Waals surface area contributed by atoms with Crippen LogP contribution in [0.3, 0.4) is 0 Å². The van der Waals surface area contributed by atoms with E-state index >= 15 is 0 Å². The second kappa shape index (κ2) is 7.27. The first-order chi connectivity index (χ1) is 11.0. The lowest BCUT2D eigenvalue weighted by atomic mass is 10.3. The zero-order chi connectivity index (χ0) is 16.8. The number of nitrogens with zero attached hydrogens (tertiary/aromatic N) is 3. The summed E-state index contributed by atoms with van der Waals surface area (Å²) in [6.07, 6.45) is 0. The minimum absolute atomic E-state index is 0.0217. The van der Waals surface area contributed by atoms with Crippen LogP contribution in [-0.2, 0) is 0 Å². The van der Waals surface area contributed by atoms with E-state index in [1.165, 1.54) is 17.8 Å². The van der Waals surface area contributed by atoms with Gasteiger partial charge in [0, 0.05) is 11.0 Å². The summed E-state index contributed by atoms with van der Waals surface area (Å²) in [6.45, 7) is 0. The number of hydrogen-bond donors (Lipinski definition) is 3. The number of guanidine groups is 2. The van der Waals surface area contributed by atoms with Crippen molar-refractivity contribution < 1.29 is 4.92 Å². The van der Waals surface area contributed by atoms with E-state index in [0.717, 1.165) is 0 Å². The van der Waals surface area contributed by atoms with Crippen molar-refractivity contribution >= 4 is 35.1 Å².